The van der Waals surface area contributed by atoms with Crippen LogP contribution < -0.4 is 0 Å². The molecule has 1 aromatic rings. The molecule has 3 nitrogen and oxygen atoms in total. The third-order valence-electron chi connectivity index (χ3n) is 1.79. The predicted molar refractivity (Wildman–Crippen MR) is 55.3 cm³/mol. The lowest BCUT2D eigenvalue weighted by atomic mass is 10.1. The van der Waals surface area contributed by atoms with Gasteiger partial charge < -0.3 is 0 Å². The van der Waals surface area contributed by atoms with Crippen molar-refractivity contribution in [1.29, 1.82) is 0 Å². The number of allylic oxidation sites excluding steroid dienone is 2. The maximum Gasteiger partial charge on any atom is 0.187 e. The minimum absolute atomic E-state index is 0.000463. The zero-order valence-electron chi connectivity index (χ0n) is 8.96. The van der Waals surface area contributed by atoms with Crippen molar-refractivity contribution in [3.05, 3.63) is 34.7 Å². The molecular formula is C11H14N2O. The maximum atomic E-state index is 11.7. The van der Waals surface area contributed by atoms with Crippen LogP contribution in [0.1, 0.15) is 35.6 Å². The van der Waals surface area contributed by atoms with Crippen LogP contribution in [-0.4, -0.2) is 16.0 Å². The largest absolute Gasteiger partial charge is 0.289 e. The Bertz CT molecular complexity index is 390. The molecule has 14 heavy (non-hydrogen) atoms. The topological polar surface area (TPSA) is 42.9 Å². The summed E-state index contributed by atoms with van der Waals surface area (Å²) < 4.78 is 0. The molecule has 3 heteroatoms. The fraction of sp³-hybridized carbons (Fsp3) is 0.364. The van der Waals surface area contributed by atoms with Crippen molar-refractivity contribution < 1.29 is 4.79 Å². The van der Waals surface area contributed by atoms with Crippen LogP contribution in [0.3, 0.4) is 0 Å². The van der Waals surface area contributed by atoms with Crippen LogP contribution in [0.5, 0.6) is 0 Å². The summed E-state index contributed by atoms with van der Waals surface area (Å²) in [6.07, 6.45) is 1.61. The second-order valence-electron chi connectivity index (χ2n) is 3.57. The summed E-state index contributed by atoms with van der Waals surface area (Å²) in [4.78, 5) is 11.7. The van der Waals surface area contributed by atoms with Crippen LogP contribution in [0.25, 0.3) is 0 Å². The Labute approximate surface area is 83.9 Å². The summed E-state index contributed by atoms with van der Waals surface area (Å²) in [7, 11) is 0. The first-order chi connectivity index (χ1) is 6.50. The number of nitrogens with zero attached hydrogens (tertiary/aromatic N) is 2. The van der Waals surface area contributed by atoms with Crippen LogP contribution in [-0.2, 0) is 0 Å². The van der Waals surface area contributed by atoms with E-state index in [4.69, 9.17) is 0 Å². The number of rotatable bonds is 2. The van der Waals surface area contributed by atoms with Gasteiger partial charge in [0.05, 0.1) is 11.4 Å². The van der Waals surface area contributed by atoms with Gasteiger partial charge in [-0.25, -0.2) is 0 Å². The molecule has 0 aliphatic rings. The van der Waals surface area contributed by atoms with Gasteiger partial charge in [0, 0.05) is 5.56 Å². The lowest BCUT2D eigenvalue weighted by Gasteiger charge is -2.01. The summed E-state index contributed by atoms with van der Waals surface area (Å²) in [6.45, 7) is 7.41. The number of carbonyl (C=O) groups excluding carboxylic acids is 1. The molecule has 0 N–H and O–H groups in total. The zero-order chi connectivity index (χ0) is 10.7. The number of aryl methyl sites for hydroxylation is 2. The number of hydrogen-bond acceptors (Lipinski definition) is 3. The van der Waals surface area contributed by atoms with Crippen molar-refractivity contribution in [2.24, 2.45) is 0 Å². The molecule has 1 heterocycles. The first-order valence-corrected chi connectivity index (χ1v) is 4.51. The number of ketones is 1. The van der Waals surface area contributed by atoms with Gasteiger partial charge in [0.25, 0.3) is 0 Å². The fourth-order valence-corrected chi connectivity index (χ4v) is 1.14. The number of hydrogen-bond donors (Lipinski definition) is 0. The van der Waals surface area contributed by atoms with Gasteiger partial charge in [-0.1, -0.05) is 5.57 Å². The first kappa shape index (κ1) is 10.6. The summed E-state index contributed by atoms with van der Waals surface area (Å²) in [6, 6.07) is 1.77. The molecular weight excluding hydrogens is 176 g/mol. The Morgan fingerprint density at radius 2 is 1.93 bits per heavy atom. The molecule has 0 aromatic carbocycles. The van der Waals surface area contributed by atoms with E-state index in [0.29, 0.717) is 11.3 Å². The summed E-state index contributed by atoms with van der Waals surface area (Å²) >= 11 is 0. The van der Waals surface area contributed by atoms with E-state index in [1.807, 2.05) is 20.8 Å². The molecule has 0 fully saturated rings. The van der Waals surface area contributed by atoms with Crippen LogP contribution in [0.15, 0.2) is 17.7 Å². The monoisotopic (exact) mass is 190 g/mol. The summed E-state index contributed by atoms with van der Waals surface area (Å²) in [5.74, 6) is 0.000463. The third-order valence-corrected chi connectivity index (χ3v) is 1.79. The Balaban J connectivity index is 3.12. The van der Waals surface area contributed by atoms with Gasteiger partial charge >= 0.3 is 0 Å². The standard InChI is InChI=1S/C11H14N2O/c1-7(2)5-11(14)10-6-8(3)12-13-9(10)4/h5-6H,1-4H3. The van der Waals surface area contributed by atoms with Crippen molar-refractivity contribution in [1.82, 2.24) is 10.2 Å². The highest BCUT2D eigenvalue weighted by Crippen LogP contribution is 2.08. The normalized spacial score (nSPS) is 9.71. The van der Waals surface area contributed by atoms with Crippen LogP contribution in [0.4, 0.5) is 0 Å². The lowest BCUT2D eigenvalue weighted by Crippen LogP contribution is -2.03. The molecule has 74 valence electrons. The lowest BCUT2D eigenvalue weighted by molar-refractivity contribution is 0.104. The van der Waals surface area contributed by atoms with Crippen molar-refractivity contribution in [2.75, 3.05) is 0 Å². The SMILES string of the molecule is CC(C)=CC(=O)c1cc(C)nnc1C. The molecule has 0 saturated carbocycles. The van der Waals surface area contributed by atoms with Gasteiger partial charge in [0.1, 0.15) is 0 Å². The molecule has 0 radical (unpaired) electrons. The Morgan fingerprint density at radius 3 is 2.50 bits per heavy atom. The molecule has 1 rings (SSSR count). The first-order valence-electron chi connectivity index (χ1n) is 4.51. The molecule has 1 aromatic heterocycles. The Hall–Kier alpha value is -1.51. The van der Waals surface area contributed by atoms with E-state index >= 15 is 0 Å². The fourth-order valence-electron chi connectivity index (χ4n) is 1.14. The Kier molecular flexibility index (Phi) is 3.12. The molecule has 0 spiro atoms. The molecule has 0 unspecified atom stereocenters. The molecule has 0 bridgehead atoms. The van der Waals surface area contributed by atoms with Crippen molar-refractivity contribution in [3.63, 3.8) is 0 Å². The van der Waals surface area contributed by atoms with Gasteiger partial charge in [-0.05, 0) is 39.8 Å². The van der Waals surface area contributed by atoms with Crippen molar-refractivity contribution >= 4 is 5.78 Å². The predicted octanol–water partition coefficient (Wildman–Crippen LogP) is 2.24. The maximum absolute atomic E-state index is 11.7. The van der Waals surface area contributed by atoms with Crippen LogP contribution >= 0.6 is 0 Å². The van der Waals surface area contributed by atoms with Gasteiger partial charge in [0.15, 0.2) is 5.78 Å². The molecule has 0 saturated heterocycles. The van der Waals surface area contributed by atoms with E-state index in [1.165, 1.54) is 0 Å². The highest BCUT2D eigenvalue weighted by molar-refractivity contribution is 6.05. The third kappa shape index (κ3) is 2.49. The molecule has 0 aliphatic carbocycles. The van der Waals surface area contributed by atoms with Crippen LogP contribution in [0, 0.1) is 13.8 Å². The smallest absolute Gasteiger partial charge is 0.187 e. The summed E-state index contributed by atoms with van der Waals surface area (Å²) in [5.41, 5.74) is 3.07. The van der Waals surface area contributed by atoms with E-state index in [2.05, 4.69) is 10.2 Å². The number of aromatic nitrogens is 2. The van der Waals surface area contributed by atoms with E-state index in [0.717, 1.165) is 11.3 Å². The average molecular weight is 190 g/mol. The highest BCUT2D eigenvalue weighted by Gasteiger charge is 2.07. The second kappa shape index (κ2) is 4.13. The number of carbonyl (C=O) groups is 1. The van der Waals surface area contributed by atoms with Crippen LogP contribution in [0.2, 0.25) is 0 Å². The van der Waals surface area contributed by atoms with Crippen molar-refractivity contribution in [2.45, 2.75) is 27.7 Å². The molecule has 0 amide bonds. The van der Waals surface area contributed by atoms with E-state index in [-0.39, 0.29) is 5.78 Å². The van der Waals surface area contributed by atoms with Gasteiger partial charge in [-0.3, -0.25) is 4.79 Å². The molecule has 0 aliphatic heterocycles. The van der Waals surface area contributed by atoms with Gasteiger partial charge in [-0.15, -0.1) is 0 Å². The average Bonchev–Trinajstić information content (AvgIpc) is 2.08. The van der Waals surface area contributed by atoms with Crippen molar-refractivity contribution in [3.8, 4) is 0 Å². The quantitative estimate of drug-likeness (QED) is 0.530. The van der Waals surface area contributed by atoms with Gasteiger partial charge in [0.2, 0.25) is 0 Å². The Morgan fingerprint density at radius 1 is 1.29 bits per heavy atom. The zero-order valence-corrected chi connectivity index (χ0v) is 8.96. The molecule has 0 atom stereocenters. The van der Waals surface area contributed by atoms with E-state index in [9.17, 15) is 4.79 Å². The minimum atomic E-state index is 0.000463. The van der Waals surface area contributed by atoms with E-state index in [1.54, 1.807) is 19.1 Å². The highest BCUT2D eigenvalue weighted by atomic mass is 16.1. The minimum Gasteiger partial charge on any atom is -0.289 e. The van der Waals surface area contributed by atoms with Gasteiger partial charge in [-0.2, -0.15) is 10.2 Å². The second-order valence-corrected chi connectivity index (χ2v) is 3.57. The summed E-state index contributed by atoms with van der Waals surface area (Å²) in [5, 5.41) is 7.78. The van der Waals surface area contributed by atoms with E-state index < -0.39 is 0 Å².